The monoisotopic (exact) mass is 174 g/mol. The zero-order valence-electron chi connectivity index (χ0n) is 7.84. The van der Waals surface area contributed by atoms with Crippen molar-refractivity contribution in [3.05, 3.63) is 0 Å². The van der Waals surface area contributed by atoms with Gasteiger partial charge in [-0.3, -0.25) is 4.79 Å². The highest BCUT2D eigenvalue weighted by molar-refractivity contribution is 5.75. The fourth-order valence-corrected chi connectivity index (χ4v) is 0.734. The molecule has 0 saturated carbocycles. The number of rotatable bonds is 6. The van der Waals surface area contributed by atoms with Crippen molar-refractivity contribution in [3.63, 3.8) is 0 Å². The van der Waals surface area contributed by atoms with E-state index in [2.05, 4.69) is 10.2 Å². The molecule has 0 aliphatic rings. The fraction of sp³-hybridized carbons (Fsp3) is 0.875. The van der Waals surface area contributed by atoms with Crippen LogP contribution in [0, 0.1) is 0 Å². The van der Waals surface area contributed by atoms with Gasteiger partial charge in [0.1, 0.15) is 0 Å². The molecule has 2 N–H and O–H groups in total. The molecule has 0 spiro atoms. The van der Waals surface area contributed by atoms with Gasteiger partial charge < -0.3 is 15.3 Å². The van der Waals surface area contributed by atoms with Crippen LogP contribution in [0.15, 0.2) is 0 Å². The first-order chi connectivity index (χ1) is 5.70. The summed E-state index contributed by atoms with van der Waals surface area (Å²) in [7, 11) is 1.97. The molecule has 12 heavy (non-hydrogen) atoms. The van der Waals surface area contributed by atoms with Crippen molar-refractivity contribution in [2.24, 2.45) is 0 Å². The quantitative estimate of drug-likeness (QED) is 0.567. The first-order valence-electron chi connectivity index (χ1n) is 4.26. The second-order valence-corrected chi connectivity index (χ2v) is 2.72. The van der Waals surface area contributed by atoms with Crippen LogP contribution in [0.3, 0.4) is 0 Å². The fourth-order valence-electron chi connectivity index (χ4n) is 0.734. The molecule has 0 rings (SSSR count). The third-order valence-electron chi connectivity index (χ3n) is 1.69. The molecule has 0 bridgehead atoms. The molecule has 0 aromatic rings. The Morgan fingerprint density at radius 3 is 2.75 bits per heavy atom. The lowest BCUT2D eigenvalue weighted by molar-refractivity contribution is -0.121. The number of aliphatic hydroxyl groups excluding tert-OH is 1. The Morgan fingerprint density at radius 1 is 1.58 bits per heavy atom. The Labute approximate surface area is 73.6 Å². The molecule has 0 unspecified atom stereocenters. The summed E-state index contributed by atoms with van der Waals surface area (Å²) >= 11 is 0. The highest BCUT2D eigenvalue weighted by Crippen LogP contribution is 1.85. The molecule has 0 radical (unpaired) electrons. The van der Waals surface area contributed by atoms with Crippen LogP contribution in [0.5, 0.6) is 0 Å². The Bertz CT molecular complexity index is 128. The van der Waals surface area contributed by atoms with E-state index in [4.69, 9.17) is 5.11 Å². The third kappa shape index (κ3) is 6.12. The maximum atomic E-state index is 11.0. The Balaban J connectivity index is 3.31. The smallest absolute Gasteiger partial charge is 0.221 e. The number of carbonyl (C=O) groups is 1. The van der Waals surface area contributed by atoms with Crippen LogP contribution < -0.4 is 5.32 Å². The molecule has 0 fully saturated rings. The van der Waals surface area contributed by atoms with Crippen molar-refractivity contribution < 1.29 is 9.90 Å². The van der Waals surface area contributed by atoms with E-state index < -0.39 is 0 Å². The van der Waals surface area contributed by atoms with Crippen LogP contribution in [0.2, 0.25) is 0 Å². The topological polar surface area (TPSA) is 52.6 Å². The molecule has 0 saturated heterocycles. The molecule has 0 aromatic carbocycles. The van der Waals surface area contributed by atoms with Crippen LogP contribution in [0.4, 0.5) is 0 Å². The van der Waals surface area contributed by atoms with E-state index in [1.165, 1.54) is 0 Å². The van der Waals surface area contributed by atoms with E-state index >= 15 is 0 Å². The molecule has 0 aliphatic carbocycles. The molecule has 0 aliphatic heterocycles. The molecule has 0 heterocycles. The molecule has 72 valence electrons. The van der Waals surface area contributed by atoms with E-state index in [0.717, 1.165) is 13.1 Å². The number of hydrogen-bond acceptors (Lipinski definition) is 3. The minimum absolute atomic E-state index is 0.00403. The zero-order chi connectivity index (χ0) is 9.40. The van der Waals surface area contributed by atoms with Gasteiger partial charge in [-0.25, -0.2) is 0 Å². The first kappa shape index (κ1) is 11.4. The van der Waals surface area contributed by atoms with E-state index in [-0.39, 0.29) is 12.5 Å². The minimum atomic E-state index is 0.00403. The second kappa shape index (κ2) is 7.06. The number of carbonyl (C=O) groups excluding carboxylic acids is 1. The predicted molar refractivity (Wildman–Crippen MR) is 47.9 cm³/mol. The Hall–Kier alpha value is -0.610. The number of amides is 1. The highest BCUT2D eigenvalue weighted by Gasteiger charge is 2.01. The van der Waals surface area contributed by atoms with Crippen LogP contribution in [0.25, 0.3) is 0 Å². The summed E-state index contributed by atoms with van der Waals surface area (Å²) in [6.07, 6.45) is 0.504. The van der Waals surface area contributed by atoms with Gasteiger partial charge in [-0.05, 0) is 13.6 Å². The van der Waals surface area contributed by atoms with Crippen LogP contribution >= 0.6 is 0 Å². The first-order valence-corrected chi connectivity index (χ1v) is 4.26. The third-order valence-corrected chi connectivity index (χ3v) is 1.69. The highest BCUT2D eigenvalue weighted by atomic mass is 16.3. The summed E-state index contributed by atoms with van der Waals surface area (Å²) in [5.41, 5.74) is 0. The van der Waals surface area contributed by atoms with Crippen LogP contribution in [-0.4, -0.2) is 49.2 Å². The predicted octanol–water partition coefficient (Wildman–Crippen LogP) is -0.563. The second-order valence-electron chi connectivity index (χ2n) is 2.72. The summed E-state index contributed by atoms with van der Waals surface area (Å²) in [6.45, 7) is 4.14. The number of nitrogens with zero attached hydrogens (tertiary/aromatic N) is 1. The molecule has 4 nitrogen and oxygen atoms in total. The average molecular weight is 174 g/mol. The van der Waals surface area contributed by atoms with Gasteiger partial charge in [-0.15, -0.1) is 0 Å². The van der Waals surface area contributed by atoms with Crippen molar-refractivity contribution in [1.82, 2.24) is 10.2 Å². The molecule has 0 atom stereocenters. The van der Waals surface area contributed by atoms with Crippen molar-refractivity contribution in [2.75, 3.05) is 33.3 Å². The number of nitrogens with one attached hydrogen (secondary N) is 1. The lowest BCUT2D eigenvalue weighted by atomic mass is 10.3. The lowest BCUT2D eigenvalue weighted by Crippen LogP contribution is -2.30. The number of aliphatic hydroxyl groups is 1. The molecule has 1 amide bonds. The van der Waals surface area contributed by atoms with Gasteiger partial charge in [0.15, 0.2) is 0 Å². The van der Waals surface area contributed by atoms with Crippen molar-refractivity contribution in [2.45, 2.75) is 13.3 Å². The van der Waals surface area contributed by atoms with Gasteiger partial charge >= 0.3 is 0 Å². The Kier molecular flexibility index (Phi) is 6.70. The average Bonchev–Trinajstić information content (AvgIpc) is 2.10. The maximum absolute atomic E-state index is 11.0. The van der Waals surface area contributed by atoms with E-state index in [9.17, 15) is 4.79 Å². The van der Waals surface area contributed by atoms with Gasteiger partial charge in [0.25, 0.3) is 0 Å². The SMILES string of the molecule is CCN(C)CCC(=O)NCCO. The van der Waals surface area contributed by atoms with E-state index in [0.29, 0.717) is 13.0 Å². The van der Waals surface area contributed by atoms with Gasteiger partial charge in [-0.1, -0.05) is 6.92 Å². The zero-order valence-corrected chi connectivity index (χ0v) is 7.84. The van der Waals surface area contributed by atoms with Crippen molar-refractivity contribution in [3.8, 4) is 0 Å². The van der Waals surface area contributed by atoms with Crippen molar-refractivity contribution in [1.29, 1.82) is 0 Å². The summed E-state index contributed by atoms with van der Waals surface area (Å²) in [5, 5.41) is 11.0. The van der Waals surface area contributed by atoms with E-state index in [1.54, 1.807) is 0 Å². The van der Waals surface area contributed by atoms with Crippen molar-refractivity contribution >= 4 is 5.91 Å². The molecular formula is C8H18N2O2. The molecular weight excluding hydrogens is 156 g/mol. The van der Waals surface area contributed by atoms with Gasteiger partial charge in [0.05, 0.1) is 6.61 Å². The molecule has 0 aromatic heterocycles. The van der Waals surface area contributed by atoms with E-state index in [1.807, 2.05) is 14.0 Å². The van der Waals surface area contributed by atoms with Crippen LogP contribution in [0.1, 0.15) is 13.3 Å². The van der Waals surface area contributed by atoms with Gasteiger partial charge in [0.2, 0.25) is 5.91 Å². The van der Waals surface area contributed by atoms with Gasteiger partial charge in [0, 0.05) is 19.5 Å². The number of hydrogen-bond donors (Lipinski definition) is 2. The summed E-state index contributed by atoms with van der Waals surface area (Å²) in [6, 6.07) is 0. The summed E-state index contributed by atoms with van der Waals surface area (Å²) < 4.78 is 0. The Morgan fingerprint density at radius 2 is 2.25 bits per heavy atom. The largest absolute Gasteiger partial charge is 0.395 e. The van der Waals surface area contributed by atoms with Gasteiger partial charge in [-0.2, -0.15) is 0 Å². The lowest BCUT2D eigenvalue weighted by Gasteiger charge is -2.12. The summed E-state index contributed by atoms with van der Waals surface area (Å²) in [5.74, 6) is 0.00403. The van der Waals surface area contributed by atoms with Crippen LogP contribution in [-0.2, 0) is 4.79 Å². The molecule has 4 heteroatoms. The standard InChI is InChI=1S/C8H18N2O2/c1-3-10(2)6-4-8(12)9-5-7-11/h11H,3-7H2,1-2H3,(H,9,12). The normalized spacial score (nSPS) is 10.3. The minimum Gasteiger partial charge on any atom is -0.395 e. The summed E-state index contributed by atoms with van der Waals surface area (Å²) in [4.78, 5) is 13.0. The maximum Gasteiger partial charge on any atom is 0.221 e.